The van der Waals surface area contributed by atoms with E-state index >= 15 is 0 Å². The highest BCUT2D eigenvalue weighted by molar-refractivity contribution is 6.18. The normalized spacial score (nSPS) is 15.6. The van der Waals surface area contributed by atoms with E-state index in [9.17, 15) is 4.79 Å². The van der Waals surface area contributed by atoms with E-state index in [4.69, 9.17) is 0 Å². The Morgan fingerprint density at radius 2 is 2.11 bits per heavy atom. The van der Waals surface area contributed by atoms with Crippen LogP contribution in [0, 0.1) is 5.41 Å². The van der Waals surface area contributed by atoms with E-state index < -0.39 is 0 Å². The first kappa shape index (κ1) is 12.7. The lowest BCUT2D eigenvalue weighted by atomic mass is 9.87. The molecular formula is C13H18N4O. The molecular weight excluding hydrogens is 228 g/mol. The summed E-state index contributed by atoms with van der Waals surface area (Å²) in [5, 5.41) is 12.4. The Labute approximate surface area is 107 Å². The van der Waals surface area contributed by atoms with Crippen LogP contribution < -0.4 is 0 Å². The average molecular weight is 246 g/mol. The first-order valence-corrected chi connectivity index (χ1v) is 6.02. The molecule has 5 nitrogen and oxygen atoms in total. The van der Waals surface area contributed by atoms with Crippen LogP contribution in [0.3, 0.4) is 0 Å². The number of aromatic nitrogens is 2. The summed E-state index contributed by atoms with van der Waals surface area (Å²) in [7, 11) is 1.87. The summed E-state index contributed by atoms with van der Waals surface area (Å²) in [6, 6.07) is 1.91. The summed E-state index contributed by atoms with van der Waals surface area (Å²) in [6.07, 6.45) is 2.76. The van der Waals surface area contributed by atoms with Gasteiger partial charge in [0.15, 0.2) is 0 Å². The Hall–Kier alpha value is -1.78. The van der Waals surface area contributed by atoms with Crippen LogP contribution in [0.5, 0.6) is 0 Å². The topological polar surface area (TPSA) is 59.6 Å². The van der Waals surface area contributed by atoms with E-state index in [0.717, 1.165) is 17.1 Å². The van der Waals surface area contributed by atoms with Gasteiger partial charge in [0.05, 0.1) is 17.1 Å². The number of nitrogens with zero attached hydrogens (tertiary/aromatic N) is 4. The van der Waals surface area contributed by atoms with Gasteiger partial charge in [-0.25, -0.2) is 0 Å². The molecule has 0 saturated heterocycles. The van der Waals surface area contributed by atoms with E-state index in [1.165, 1.54) is 0 Å². The molecule has 18 heavy (non-hydrogen) atoms. The fourth-order valence-corrected chi connectivity index (χ4v) is 1.74. The molecule has 2 rings (SSSR count). The highest BCUT2D eigenvalue weighted by Crippen LogP contribution is 2.20. The molecule has 0 unspecified atom stereocenters. The molecule has 96 valence electrons. The molecule has 0 fully saturated rings. The molecule has 1 aliphatic rings. The maximum Gasteiger partial charge on any atom is 0.143 e. The highest BCUT2D eigenvalue weighted by Gasteiger charge is 2.25. The fraction of sp³-hybridized carbons (Fsp3) is 0.538. The second-order valence-electron chi connectivity index (χ2n) is 5.58. The first-order valence-electron chi connectivity index (χ1n) is 6.02. The number of Topliss-reactive ketones (excluding diaryl/α,β-unsaturated/α-hetero) is 1. The monoisotopic (exact) mass is 246 g/mol. The van der Waals surface area contributed by atoms with Crippen LogP contribution in [-0.2, 0) is 11.8 Å². The second-order valence-corrected chi connectivity index (χ2v) is 5.58. The SMILES string of the molecule is Cn1nccc1C1=NN=C(CC(=O)C(C)(C)C)C1. The molecule has 0 atom stereocenters. The zero-order chi connectivity index (χ0) is 13.3. The fourth-order valence-electron chi connectivity index (χ4n) is 1.74. The zero-order valence-electron chi connectivity index (χ0n) is 11.3. The minimum Gasteiger partial charge on any atom is -0.299 e. The van der Waals surface area contributed by atoms with Crippen molar-refractivity contribution < 1.29 is 4.79 Å². The van der Waals surface area contributed by atoms with Gasteiger partial charge in [-0.3, -0.25) is 9.48 Å². The number of rotatable bonds is 3. The third kappa shape index (κ3) is 2.55. The quantitative estimate of drug-likeness (QED) is 0.818. The van der Waals surface area contributed by atoms with Gasteiger partial charge in [-0.15, -0.1) is 0 Å². The predicted octanol–water partition coefficient (Wildman–Crippen LogP) is 1.97. The first-order chi connectivity index (χ1) is 8.38. The Balaban J connectivity index is 2.00. The second kappa shape index (κ2) is 4.48. The van der Waals surface area contributed by atoms with Gasteiger partial charge in [-0.2, -0.15) is 15.3 Å². The van der Waals surface area contributed by atoms with Crippen LogP contribution in [0.2, 0.25) is 0 Å². The smallest absolute Gasteiger partial charge is 0.143 e. The Bertz CT molecular complexity index is 531. The van der Waals surface area contributed by atoms with Crippen molar-refractivity contribution in [3.63, 3.8) is 0 Å². The van der Waals surface area contributed by atoms with Gasteiger partial charge in [-0.1, -0.05) is 20.8 Å². The van der Waals surface area contributed by atoms with Crippen LogP contribution in [-0.4, -0.2) is 27.0 Å². The standard InChI is InChI=1S/C13H18N4O/c1-13(2,3)12(18)8-9-7-10(16-15-9)11-5-6-14-17(11)4/h5-6H,7-8H2,1-4H3. The van der Waals surface area contributed by atoms with Gasteiger partial charge in [-0.05, 0) is 6.07 Å². The third-order valence-corrected chi connectivity index (χ3v) is 3.00. The maximum atomic E-state index is 11.9. The molecule has 2 heterocycles. The van der Waals surface area contributed by atoms with Gasteiger partial charge in [0, 0.05) is 31.5 Å². The van der Waals surface area contributed by atoms with E-state index in [0.29, 0.717) is 12.8 Å². The molecule has 0 radical (unpaired) electrons. The summed E-state index contributed by atoms with van der Waals surface area (Å²) in [5.41, 5.74) is 2.35. The van der Waals surface area contributed by atoms with Crippen molar-refractivity contribution in [3.8, 4) is 0 Å². The van der Waals surface area contributed by atoms with Crippen molar-refractivity contribution in [1.29, 1.82) is 0 Å². The van der Waals surface area contributed by atoms with E-state index in [-0.39, 0.29) is 11.2 Å². The van der Waals surface area contributed by atoms with E-state index in [2.05, 4.69) is 15.3 Å². The largest absolute Gasteiger partial charge is 0.299 e. The molecule has 0 N–H and O–H groups in total. The molecule has 1 aromatic heterocycles. The molecule has 0 amide bonds. The summed E-state index contributed by atoms with van der Waals surface area (Å²) in [6.45, 7) is 5.77. The van der Waals surface area contributed by atoms with Crippen LogP contribution >= 0.6 is 0 Å². The van der Waals surface area contributed by atoms with Crippen molar-refractivity contribution in [2.75, 3.05) is 0 Å². The molecule has 0 aromatic carbocycles. The minimum absolute atomic E-state index is 0.197. The van der Waals surface area contributed by atoms with Crippen molar-refractivity contribution in [1.82, 2.24) is 9.78 Å². The van der Waals surface area contributed by atoms with Gasteiger partial charge >= 0.3 is 0 Å². The van der Waals surface area contributed by atoms with Crippen molar-refractivity contribution in [2.45, 2.75) is 33.6 Å². The van der Waals surface area contributed by atoms with Crippen LogP contribution in [0.15, 0.2) is 22.5 Å². The lowest BCUT2D eigenvalue weighted by Crippen LogP contribution is -2.23. The van der Waals surface area contributed by atoms with Gasteiger partial charge in [0.25, 0.3) is 0 Å². The average Bonchev–Trinajstić information content (AvgIpc) is 2.85. The number of hydrogen-bond acceptors (Lipinski definition) is 4. The lowest BCUT2D eigenvalue weighted by molar-refractivity contribution is -0.125. The van der Waals surface area contributed by atoms with Crippen LogP contribution in [0.1, 0.15) is 39.3 Å². The summed E-state index contributed by atoms with van der Waals surface area (Å²) < 4.78 is 1.77. The summed E-state index contributed by atoms with van der Waals surface area (Å²) in [4.78, 5) is 11.9. The Morgan fingerprint density at radius 3 is 2.67 bits per heavy atom. The molecule has 0 spiro atoms. The summed E-state index contributed by atoms with van der Waals surface area (Å²) in [5.74, 6) is 0.197. The molecule has 5 heteroatoms. The molecule has 1 aromatic rings. The van der Waals surface area contributed by atoms with Crippen LogP contribution in [0.4, 0.5) is 0 Å². The predicted molar refractivity (Wildman–Crippen MR) is 70.9 cm³/mol. The number of ketones is 1. The molecule has 1 aliphatic heterocycles. The summed E-state index contributed by atoms with van der Waals surface area (Å²) >= 11 is 0. The van der Waals surface area contributed by atoms with Gasteiger partial charge in [0.1, 0.15) is 5.78 Å². The van der Waals surface area contributed by atoms with E-state index in [1.807, 2.05) is 33.9 Å². The van der Waals surface area contributed by atoms with Gasteiger partial charge in [0.2, 0.25) is 0 Å². The zero-order valence-corrected chi connectivity index (χ0v) is 11.3. The van der Waals surface area contributed by atoms with Gasteiger partial charge < -0.3 is 0 Å². The number of carbonyl (C=O) groups is 1. The van der Waals surface area contributed by atoms with E-state index in [1.54, 1.807) is 10.9 Å². The highest BCUT2D eigenvalue weighted by atomic mass is 16.1. The van der Waals surface area contributed by atoms with Crippen molar-refractivity contribution >= 4 is 17.2 Å². The number of hydrogen-bond donors (Lipinski definition) is 0. The minimum atomic E-state index is -0.322. The van der Waals surface area contributed by atoms with Crippen molar-refractivity contribution in [2.24, 2.45) is 22.7 Å². The lowest BCUT2D eigenvalue weighted by Gasteiger charge is -2.15. The van der Waals surface area contributed by atoms with Crippen LogP contribution in [0.25, 0.3) is 0 Å². The maximum absolute atomic E-state index is 11.9. The molecule has 0 bridgehead atoms. The number of carbonyl (C=O) groups excluding carboxylic acids is 1. The Morgan fingerprint density at radius 1 is 1.39 bits per heavy atom. The Kier molecular flexibility index (Phi) is 3.15. The molecule has 0 aliphatic carbocycles. The molecule has 0 saturated carbocycles. The third-order valence-electron chi connectivity index (χ3n) is 3.00. The van der Waals surface area contributed by atoms with Crippen molar-refractivity contribution in [3.05, 3.63) is 18.0 Å². The number of aryl methyl sites for hydroxylation is 1.